The van der Waals surface area contributed by atoms with Gasteiger partial charge in [0.25, 0.3) is 0 Å². The number of imide groups is 1. The lowest BCUT2D eigenvalue weighted by Gasteiger charge is -2.16. The van der Waals surface area contributed by atoms with E-state index in [1.807, 2.05) is 0 Å². The fraction of sp³-hybridized carbons (Fsp3) is 0.267. The van der Waals surface area contributed by atoms with Crippen molar-refractivity contribution in [3.8, 4) is 0 Å². The zero-order chi connectivity index (χ0) is 15.6. The molecule has 1 fully saturated rings. The monoisotopic (exact) mass is 291 g/mol. The number of amides is 2. The van der Waals surface area contributed by atoms with E-state index >= 15 is 0 Å². The van der Waals surface area contributed by atoms with Crippen molar-refractivity contribution in [2.45, 2.75) is 19.9 Å². The van der Waals surface area contributed by atoms with E-state index in [0.29, 0.717) is 11.1 Å². The summed E-state index contributed by atoms with van der Waals surface area (Å²) >= 11 is 0. The summed E-state index contributed by atoms with van der Waals surface area (Å²) in [4.78, 5) is 35.3. The molecule has 1 aliphatic rings. The summed E-state index contributed by atoms with van der Waals surface area (Å²) in [5.74, 6) is -2.57. The summed E-state index contributed by atoms with van der Waals surface area (Å²) in [5.41, 5.74) is 0.849. The molecule has 1 unspecified atom stereocenters. The van der Waals surface area contributed by atoms with Gasteiger partial charge < -0.3 is 5.11 Å². The molecule has 2 amide bonds. The highest BCUT2D eigenvalue weighted by Crippen LogP contribution is 2.23. The summed E-state index contributed by atoms with van der Waals surface area (Å²) in [6, 6.07) is 3.82. The predicted octanol–water partition coefficient (Wildman–Crippen LogP) is 1.82. The van der Waals surface area contributed by atoms with Crippen molar-refractivity contribution in [3.63, 3.8) is 0 Å². The van der Waals surface area contributed by atoms with Crippen LogP contribution in [0.2, 0.25) is 0 Å². The summed E-state index contributed by atoms with van der Waals surface area (Å²) in [6.07, 6.45) is 2.30. The van der Waals surface area contributed by atoms with Crippen molar-refractivity contribution in [1.82, 2.24) is 4.90 Å². The number of carboxylic acid groups (broad SMARTS) is 1. The molecule has 0 aromatic heterocycles. The van der Waals surface area contributed by atoms with E-state index in [-0.39, 0.29) is 30.7 Å². The lowest BCUT2D eigenvalue weighted by atomic mass is 10.1. The minimum atomic E-state index is -1.16. The van der Waals surface area contributed by atoms with Gasteiger partial charge in [-0.3, -0.25) is 14.5 Å². The molecule has 1 heterocycles. The van der Waals surface area contributed by atoms with Crippen molar-refractivity contribution >= 4 is 23.9 Å². The first-order valence-corrected chi connectivity index (χ1v) is 6.42. The summed E-state index contributed by atoms with van der Waals surface area (Å²) < 4.78 is 13.3. The first kappa shape index (κ1) is 14.9. The molecule has 1 atom stereocenters. The minimum absolute atomic E-state index is 0.0155. The van der Waals surface area contributed by atoms with Crippen molar-refractivity contribution in [2.75, 3.05) is 0 Å². The molecule has 1 aromatic carbocycles. The molecule has 1 N–H and O–H groups in total. The van der Waals surface area contributed by atoms with Crippen LogP contribution in [0.15, 0.2) is 24.3 Å². The van der Waals surface area contributed by atoms with Crippen LogP contribution in [0.3, 0.4) is 0 Å². The Bertz CT molecular complexity index is 639. The molecule has 1 aliphatic heterocycles. The summed E-state index contributed by atoms with van der Waals surface area (Å²) in [5, 5.41) is 8.64. The maximum absolute atomic E-state index is 13.3. The fourth-order valence-electron chi connectivity index (χ4n) is 2.21. The number of halogens is 1. The largest absolute Gasteiger partial charge is 0.478 e. The number of aliphatic carboxylic acids is 1. The van der Waals surface area contributed by atoms with Crippen molar-refractivity contribution < 1.29 is 23.9 Å². The molecule has 110 valence electrons. The highest BCUT2D eigenvalue weighted by atomic mass is 19.1. The lowest BCUT2D eigenvalue weighted by Crippen LogP contribution is -2.30. The molecular weight excluding hydrogens is 277 g/mol. The van der Waals surface area contributed by atoms with Crippen LogP contribution in [0.1, 0.15) is 24.5 Å². The van der Waals surface area contributed by atoms with Crippen LogP contribution >= 0.6 is 0 Å². The van der Waals surface area contributed by atoms with E-state index in [2.05, 4.69) is 0 Å². The van der Waals surface area contributed by atoms with Gasteiger partial charge in [0.05, 0.1) is 6.54 Å². The Morgan fingerprint density at radius 3 is 2.76 bits per heavy atom. The third-order valence-electron chi connectivity index (χ3n) is 3.31. The van der Waals surface area contributed by atoms with Crippen LogP contribution in [0.25, 0.3) is 6.08 Å². The van der Waals surface area contributed by atoms with E-state index in [4.69, 9.17) is 5.11 Å². The van der Waals surface area contributed by atoms with Gasteiger partial charge >= 0.3 is 5.97 Å². The quantitative estimate of drug-likeness (QED) is 0.678. The third kappa shape index (κ3) is 3.34. The van der Waals surface area contributed by atoms with Gasteiger partial charge in [0.1, 0.15) is 5.82 Å². The van der Waals surface area contributed by atoms with E-state index < -0.39 is 11.8 Å². The van der Waals surface area contributed by atoms with Crippen LogP contribution in [0, 0.1) is 11.7 Å². The second-order valence-corrected chi connectivity index (χ2v) is 4.94. The second kappa shape index (κ2) is 5.87. The van der Waals surface area contributed by atoms with E-state index in [1.54, 1.807) is 6.92 Å². The molecule has 0 spiro atoms. The summed E-state index contributed by atoms with van der Waals surface area (Å²) in [6.45, 7) is 1.69. The van der Waals surface area contributed by atoms with Crippen molar-refractivity contribution in [2.24, 2.45) is 5.92 Å². The molecule has 2 rings (SSSR count). The van der Waals surface area contributed by atoms with Gasteiger partial charge in [-0.1, -0.05) is 13.0 Å². The average molecular weight is 291 g/mol. The van der Waals surface area contributed by atoms with Crippen molar-refractivity contribution in [1.29, 1.82) is 0 Å². The highest BCUT2D eigenvalue weighted by molar-refractivity contribution is 6.03. The summed E-state index contributed by atoms with van der Waals surface area (Å²) in [7, 11) is 0. The number of carbonyl (C=O) groups excluding carboxylic acids is 2. The number of hydrogen-bond donors (Lipinski definition) is 1. The predicted molar refractivity (Wildman–Crippen MR) is 72.4 cm³/mol. The maximum atomic E-state index is 13.3. The Morgan fingerprint density at radius 1 is 1.48 bits per heavy atom. The van der Waals surface area contributed by atoms with Gasteiger partial charge in [-0.05, 0) is 29.3 Å². The Labute approximate surface area is 120 Å². The molecule has 1 saturated heterocycles. The van der Waals surface area contributed by atoms with Gasteiger partial charge in [0.15, 0.2) is 0 Å². The second-order valence-electron chi connectivity index (χ2n) is 4.94. The van der Waals surface area contributed by atoms with E-state index in [0.717, 1.165) is 11.0 Å². The molecule has 5 nitrogen and oxygen atoms in total. The maximum Gasteiger partial charge on any atom is 0.328 e. The molecule has 0 saturated carbocycles. The highest BCUT2D eigenvalue weighted by Gasteiger charge is 2.35. The molecular formula is C15H14FNO4. The van der Waals surface area contributed by atoms with Gasteiger partial charge in [-0.25, -0.2) is 9.18 Å². The Kier molecular flexibility index (Phi) is 4.16. The molecule has 6 heteroatoms. The SMILES string of the molecule is CC1CC(=O)N(Cc2ccc(F)cc2C=CC(=O)O)C1=O. The Hall–Kier alpha value is -2.50. The molecule has 0 aliphatic carbocycles. The Balaban J connectivity index is 2.29. The number of benzene rings is 1. The number of hydrogen-bond acceptors (Lipinski definition) is 3. The standard InChI is InChI=1S/C15H14FNO4/c1-9-6-13(18)17(15(9)21)8-11-2-4-12(16)7-10(11)3-5-14(19)20/h2-5,7,9H,6,8H2,1H3,(H,19,20). The van der Waals surface area contributed by atoms with E-state index in [9.17, 15) is 18.8 Å². The van der Waals surface area contributed by atoms with Crippen LogP contribution in [-0.4, -0.2) is 27.8 Å². The number of carboxylic acids is 1. The van der Waals surface area contributed by atoms with Gasteiger partial charge in [0.2, 0.25) is 11.8 Å². The van der Waals surface area contributed by atoms with Crippen LogP contribution < -0.4 is 0 Å². The number of nitrogens with zero attached hydrogens (tertiary/aromatic N) is 1. The van der Waals surface area contributed by atoms with Crippen LogP contribution in [0.5, 0.6) is 0 Å². The smallest absolute Gasteiger partial charge is 0.328 e. The lowest BCUT2D eigenvalue weighted by molar-refractivity contribution is -0.140. The number of rotatable bonds is 4. The Morgan fingerprint density at radius 2 is 2.19 bits per heavy atom. The normalized spacial score (nSPS) is 18.8. The molecule has 0 radical (unpaired) electrons. The van der Waals surface area contributed by atoms with Gasteiger partial charge in [-0.15, -0.1) is 0 Å². The van der Waals surface area contributed by atoms with Gasteiger partial charge in [-0.2, -0.15) is 0 Å². The minimum Gasteiger partial charge on any atom is -0.478 e. The first-order chi connectivity index (χ1) is 9.88. The van der Waals surface area contributed by atoms with Crippen molar-refractivity contribution in [3.05, 3.63) is 41.2 Å². The van der Waals surface area contributed by atoms with Crippen LogP contribution in [-0.2, 0) is 20.9 Å². The third-order valence-corrected chi connectivity index (χ3v) is 3.31. The van der Waals surface area contributed by atoms with Crippen LogP contribution in [0.4, 0.5) is 4.39 Å². The first-order valence-electron chi connectivity index (χ1n) is 6.42. The molecule has 21 heavy (non-hydrogen) atoms. The van der Waals surface area contributed by atoms with Gasteiger partial charge in [0, 0.05) is 18.4 Å². The number of likely N-dealkylation sites (tertiary alicyclic amines) is 1. The zero-order valence-electron chi connectivity index (χ0n) is 11.4. The van der Waals surface area contributed by atoms with E-state index in [1.165, 1.54) is 24.3 Å². The topological polar surface area (TPSA) is 74.7 Å². The molecule has 0 bridgehead atoms. The fourth-order valence-corrected chi connectivity index (χ4v) is 2.21. The number of carbonyl (C=O) groups is 3. The average Bonchev–Trinajstić information content (AvgIpc) is 2.65. The zero-order valence-corrected chi connectivity index (χ0v) is 11.4. The molecule has 1 aromatic rings.